The molecule has 10 heteroatoms. The van der Waals surface area contributed by atoms with Gasteiger partial charge in [0.25, 0.3) is 10.0 Å². The molecule has 2 aromatic carbocycles. The quantitative estimate of drug-likeness (QED) is 0.586. The van der Waals surface area contributed by atoms with Crippen molar-refractivity contribution in [1.82, 2.24) is 19.2 Å². The maximum atomic E-state index is 13.2. The van der Waals surface area contributed by atoms with Gasteiger partial charge in [-0.05, 0) is 30.2 Å². The van der Waals surface area contributed by atoms with Crippen LogP contribution >= 0.6 is 0 Å². The van der Waals surface area contributed by atoms with Gasteiger partial charge in [0, 0.05) is 44.3 Å². The van der Waals surface area contributed by atoms with Gasteiger partial charge in [0.1, 0.15) is 0 Å². The van der Waals surface area contributed by atoms with Crippen LogP contribution in [0.3, 0.4) is 0 Å². The van der Waals surface area contributed by atoms with Gasteiger partial charge in [-0.25, -0.2) is 13.4 Å². The molecule has 33 heavy (non-hydrogen) atoms. The number of halogens is 3. The zero-order chi connectivity index (χ0) is 23.9. The third kappa shape index (κ3) is 4.83. The molecule has 4 rings (SSSR count). The lowest BCUT2D eigenvalue weighted by atomic mass is 9.83. The molecule has 1 aliphatic rings. The predicted molar refractivity (Wildman–Crippen MR) is 118 cm³/mol. The van der Waals surface area contributed by atoms with E-state index in [1.165, 1.54) is 29.0 Å². The van der Waals surface area contributed by atoms with Crippen LogP contribution in [0.1, 0.15) is 29.5 Å². The molecule has 0 bridgehead atoms. The zero-order valence-corrected chi connectivity index (χ0v) is 19.1. The molecule has 1 N–H and O–H groups in total. The average Bonchev–Trinajstić information content (AvgIpc) is 3.37. The van der Waals surface area contributed by atoms with E-state index in [0.717, 1.165) is 17.7 Å². The number of nitrogens with one attached hydrogen (secondary N) is 1. The molecule has 1 aliphatic heterocycles. The van der Waals surface area contributed by atoms with Gasteiger partial charge >= 0.3 is 6.18 Å². The lowest BCUT2D eigenvalue weighted by Crippen LogP contribution is -2.48. The van der Waals surface area contributed by atoms with Crippen molar-refractivity contribution in [2.75, 3.05) is 13.1 Å². The summed E-state index contributed by atoms with van der Waals surface area (Å²) in [6.45, 7) is 2.71. The van der Waals surface area contributed by atoms with E-state index >= 15 is 0 Å². The molecule has 1 aromatic heterocycles. The van der Waals surface area contributed by atoms with Gasteiger partial charge in [0.15, 0.2) is 5.03 Å². The number of hydrogen-bond donors (Lipinski definition) is 1. The molecule has 3 aromatic rings. The number of nitrogens with zero attached hydrogens (tertiary/aromatic N) is 3. The molecule has 0 saturated carbocycles. The van der Waals surface area contributed by atoms with Crippen molar-refractivity contribution in [3.05, 3.63) is 83.8 Å². The average molecular weight is 479 g/mol. The van der Waals surface area contributed by atoms with E-state index in [1.54, 1.807) is 11.6 Å². The van der Waals surface area contributed by atoms with Gasteiger partial charge in [-0.2, -0.15) is 17.5 Å². The number of hydrogen-bond acceptors (Lipinski definition) is 4. The second-order valence-electron chi connectivity index (χ2n) is 8.60. The normalized spacial score (nSPS) is 22.0. The molecular weight excluding hydrogens is 453 g/mol. The highest BCUT2D eigenvalue weighted by Gasteiger charge is 2.48. The van der Waals surface area contributed by atoms with Crippen molar-refractivity contribution in [3.8, 4) is 0 Å². The minimum atomic E-state index is -4.39. The van der Waals surface area contributed by atoms with Gasteiger partial charge in [0.05, 0.1) is 11.9 Å². The van der Waals surface area contributed by atoms with Crippen LogP contribution in [0.25, 0.3) is 0 Å². The highest BCUT2D eigenvalue weighted by atomic mass is 32.2. The maximum Gasteiger partial charge on any atom is 0.416 e. The molecule has 176 valence electrons. The number of rotatable bonds is 6. The summed E-state index contributed by atoms with van der Waals surface area (Å²) in [6.07, 6.45) is -1.47. The van der Waals surface area contributed by atoms with Gasteiger partial charge in [-0.3, -0.25) is 0 Å². The number of sulfonamides is 1. The molecule has 6 nitrogen and oxygen atoms in total. The molecule has 1 fully saturated rings. The Bertz CT molecular complexity index is 1210. The fraction of sp³-hybridized carbons (Fsp3) is 0.348. The molecule has 0 radical (unpaired) electrons. The molecule has 1 saturated heterocycles. The fourth-order valence-electron chi connectivity index (χ4n) is 4.24. The predicted octanol–water partition coefficient (Wildman–Crippen LogP) is 3.78. The lowest BCUT2D eigenvalue weighted by molar-refractivity contribution is -0.137. The zero-order valence-electron chi connectivity index (χ0n) is 18.2. The Morgan fingerprint density at radius 1 is 1.12 bits per heavy atom. The topological polar surface area (TPSA) is 67.2 Å². The highest BCUT2D eigenvalue weighted by molar-refractivity contribution is 7.89. The smallest absolute Gasteiger partial charge is 0.339 e. The third-order valence-electron chi connectivity index (χ3n) is 6.13. The summed E-state index contributed by atoms with van der Waals surface area (Å²) < 4.78 is 68.1. The maximum absolute atomic E-state index is 13.2. The summed E-state index contributed by atoms with van der Waals surface area (Å²) in [6, 6.07) is 14.6. The van der Waals surface area contributed by atoms with Crippen LogP contribution in [0.2, 0.25) is 0 Å². The SMILES string of the molecule is Cn1cnc(S(=O)(=O)N2C[C@H](c3ccccc3)[C@@](C)(NCc3ccc(C(F)(F)F)cc3)C2)c1. The number of aromatic nitrogens is 2. The summed E-state index contributed by atoms with van der Waals surface area (Å²) in [7, 11) is -2.09. The van der Waals surface area contributed by atoms with Crippen LogP contribution in [-0.4, -0.2) is 40.9 Å². The second kappa shape index (κ2) is 8.58. The minimum absolute atomic E-state index is 0.0104. The van der Waals surface area contributed by atoms with Gasteiger partial charge < -0.3 is 9.88 Å². The van der Waals surface area contributed by atoms with Crippen molar-refractivity contribution in [1.29, 1.82) is 0 Å². The van der Waals surface area contributed by atoms with Crippen molar-refractivity contribution >= 4 is 10.0 Å². The van der Waals surface area contributed by atoms with E-state index in [1.807, 2.05) is 37.3 Å². The lowest BCUT2D eigenvalue weighted by Gasteiger charge is -2.32. The molecule has 0 aliphatic carbocycles. The largest absolute Gasteiger partial charge is 0.416 e. The standard InChI is InChI=1S/C23H25F3N4O2S/c1-22(28-12-17-8-10-19(11-9-17)23(24,25)26)15-30(13-20(22)18-6-4-3-5-7-18)33(31,32)21-14-29(2)16-27-21/h3-11,14,16,20,28H,12-13,15H2,1-2H3/t20-,22+/m1/s1. The molecule has 0 unspecified atom stereocenters. The first-order valence-corrected chi connectivity index (χ1v) is 11.9. The Labute approximate surface area is 191 Å². The second-order valence-corrected chi connectivity index (χ2v) is 10.5. The van der Waals surface area contributed by atoms with Gasteiger partial charge in [0.2, 0.25) is 0 Å². The highest BCUT2D eigenvalue weighted by Crippen LogP contribution is 2.38. The molecule has 2 heterocycles. The summed E-state index contributed by atoms with van der Waals surface area (Å²) in [5, 5.41) is 3.42. The minimum Gasteiger partial charge on any atom is -0.339 e. The first-order valence-electron chi connectivity index (χ1n) is 10.4. The van der Waals surface area contributed by atoms with Crippen molar-refractivity contribution < 1.29 is 21.6 Å². The van der Waals surface area contributed by atoms with Crippen molar-refractivity contribution in [3.63, 3.8) is 0 Å². The summed E-state index contributed by atoms with van der Waals surface area (Å²) in [4.78, 5) is 4.02. The van der Waals surface area contributed by atoms with Crippen LogP contribution in [-0.2, 0) is 29.8 Å². The molecular formula is C23H25F3N4O2S. The molecule has 0 amide bonds. The van der Waals surface area contributed by atoms with Crippen LogP contribution in [0.15, 0.2) is 72.1 Å². The Morgan fingerprint density at radius 2 is 1.79 bits per heavy atom. The van der Waals surface area contributed by atoms with E-state index in [0.29, 0.717) is 12.1 Å². The fourth-order valence-corrected chi connectivity index (χ4v) is 5.76. The van der Waals surface area contributed by atoms with Crippen LogP contribution < -0.4 is 5.32 Å². The van der Waals surface area contributed by atoms with E-state index in [-0.39, 0.29) is 24.0 Å². The van der Waals surface area contributed by atoms with E-state index < -0.39 is 27.3 Å². The summed E-state index contributed by atoms with van der Waals surface area (Å²) in [5.41, 5.74) is 0.320. The van der Waals surface area contributed by atoms with Gasteiger partial charge in [-0.15, -0.1) is 0 Å². The van der Waals surface area contributed by atoms with Crippen molar-refractivity contribution in [2.45, 2.75) is 36.1 Å². The van der Waals surface area contributed by atoms with Crippen LogP contribution in [0.4, 0.5) is 13.2 Å². The van der Waals surface area contributed by atoms with E-state index in [9.17, 15) is 21.6 Å². The first kappa shape index (κ1) is 23.5. The van der Waals surface area contributed by atoms with Crippen LogP contribution in [0, 0.1) is 0 Å². The number of imidazole rings is 1. The Kier molecular flexibility index (Phi) is 6.10. The Balaban J connectivity index is 1.59. The summed E-state index contributed by atoms with van der Waals surface area (Å²) in [5.74, 6) is -0.161. The first-order chi connectivity index (χ1) is 15.5. The number of benzene rings is 2. The Hall–Kier alpha value is -2.69. The van der Waals surface area contributed by atoms with Gasteiger partial charge in [-0.1, -0.05) is 42.5 Å². The van der Waals surface area contributed by atoms with E-state index in [4.69, 9.17) is 0 Å². The van der Waals surface area contributed by atoms with Crippen LogP contribution in [0.5, 0.6) is 0 Å². The third-order valence-corrected chi connectivity index (χ3v) is 7.82. The number of aryl methyl sites for hydroxylation is 1. The monoisotopic (exact) mass is 478 g/mol. The van der Waals surface area contributed by atoms with E-state index in [2.05, 4.69) is 10.3 Å². The molecule has 2 atom stereocenters. The summed E-state index contributed by atoms with van der Waals surface area (Å²) >= 11 is 0. The van der Waals surface area contributed by atoms with Crippen molar-refractivity contribution in [2.24, 2.45) is 7.05 Å². The Morgan fingerprint density at radius 3 is 2.36 bits per heavy atom. The molecule has 0 spiro atoms. The number of alkyl halides is 3.